The van der Waals surface area contributed by atoms with Crippen molar-refractivity contribution < 1.29 is 0 Å². The number of thiophene rings is 1. The fourth-order valence-electron chi connectivity index (χ4n) is 2.59. The molecule has 0 aliphatic carbocycles. The summed E-state index contributed by atoms with van der Waals surface area (Å²) in [4.78, 5) is 5.83. The summed E-state index contributed by atoms with van der Waals surface area (Å²) in [6.07, 6.45) is 0. The summed E-state index contributed by atoms with van der Waals surface area (Å²) < 4.78 is 1.99. The molecule has 3 aromatic heterocycles. The standard InChI is InChI=1S/C17H16ClN5S/c1-10(2)9-19-17-20-13-8-11(18)5-6-12(13)15-21-22-16(23(15)17)14-4-3-7-24-14/h3-8,10H,9H2,1-2H3,(H,19,20). The number of fused-ring (bicyclic) bond motifs is 3. The zero-order chi connectivity index (χ0) is 16.7. The molecular weight excluding hydrogens is 342 g/mol. The molecule has 0 spiro atoms. The van der Waals surface area contributed by atoms with E-state index in [-0.39, 0.29) is 0 Å². The Morgan fingerprint density at radius 1 is 1.25 bits per heavy atom. The van der Waals surface area contributed by atoms with Crippen LogP contribution < -0.4 is 5.32 Å². The van der Waals surface area contributed by atoms with E-state index in [0.29, 0.717) is 10.9 Å². The zero-order valence-corrected chi connectivity index (χ0v) is 14.9. The summed E-state index contributed by atoms with van der Waals surface area (Å²) in [5.74, 6) is 2.04. The van der Waals surface area contributed by atoms with Crippen molar-refractivity contribution in [2.24, 2.45) is 5.92 Å². The number of hydrogen-bond donors (Lipinski definition) is 1. The van der Waals surface area contributed by atoms with E-state index in [9.17, 15) is 0 Å². The van der Waals surface area contributed by atoms with Crippen LogP contribution in [0.15, 0.2) is 35.7 Å². The predicted molar refractivity (Wildman–Crippen MR) is 99.9 cm³/mol. The van der Waals surface area contributed by atoms with Gasteiger partial charge in [0, 0.05) is 17.0 Å². The summed E-state index contributed by atoms with van der Waals surface area (Å²) >= 11 is 7.77. The van der Waals surface area contributed by atoms with Gasteiger partial charge in [0.25, 0.3) is 0 Å². The highest BCUT2D eigenvalue weighted by atomic mass is 35.5. The largest absolute Gasteiger partial charge is 0.355 e. The molecule has 0 atom stereocenters. The molecule has 0 bridgehead atoms. The fourth-order valence-corrected chi connectivity index (χ4v) is 3.45. The number of aromatic nitrogens is 4. The number of halogens is 1. The predicted octanol–water partition coefficient (Wildman–Crippen LogP) is 4.73. The van der Waals surface area contributed by atoms with E-state index in [2.05, 4.69) is 29.4 Å². The molecule has 0 aliphatic rings. The van der Waals surface area contributed by atoms with Crippen LogP contribution in [0.1, 0.15) is 13.8 Å². The van der Waals surface area contributed by atoms with Gasteiger partial charge >= 0.3 is 0 Å². The maximum Gasteiger partial charge on any atom is 0.211 e. The van der Waals surface area contributed by atoms with E-state index in [1.165, 1.54) is 0 Å². The molecule has 7 heteroatoms. The second kappa shape index (κ2) is 6.03. The Labute approximate surface area is 148 Å². The van der Waals surface area contributed by atoms with Crippen molar-refractivity contribution in [3.63, 3.8) is 0 Å². The average Bonchev–Trinajstić information content (AvgIpc) is 3.21. The smallest absolute Gasteiger partial charge is 0.211 e. The fraction of sp³-hybridized carbons (Fsp3) is 0.235. The third-order valence-electron chi connectivity index (χ3n) is 3.71. The van der Waals surface area contributed by atoms with Crippen molar-refractivity contribution in [2.75, 3.05) is 11.9 Å². The zero-order valence-electron chi connectivity index (χ0n) is 13.3. The number of hydrogen-bond acceptors (Lipinski definition) is 5. The minimum Gasteiger partial charge on any atom is -0.355 e. The van der Waals surface area contributed by atoms with Crippen LogP contribution in [-0.4, -0.2) is 26.1 Å². The van der Waals surface area contributed by atoms with Gasteiger partial charge in [0.05, 0.1) is 10.4 Å². The summed E-state index contributed by atoms with van der Waals surface area (Å²) in [7, 11) is 0. The van der Waals surface area contributed by atoms with Gasteiger partial charge in [-0.3, -0.25) is 0 Å². The van der Waals surface area contributed by atoms with Crippen LogP contribution in [0.3, 0.4) is 0 Å². The van der Waals surface area contributed by atoms with E-state index < -0.39 is 0 Å². The normalized spacial score (nSPS) is 11.7. The first kappa shape index (κ1) is 15.4. The second-order valence-electron chi connectivity index (χ2n) is 6.03. The summed E-state index contributed by atoms with van der Waals surface area (Å²) in [6, 6.07) is 9.71. The van der Waals surface area contributed by atoms with Crippen LogP contribution in [0.4, 0.5) is 5.95 Å². The molecule has 0 unspecified atom stereocenters. The number of nitrogens with one attached hydrogen (secondary N) is 1. The van der Waals surface area contributed by atoms with Gasteiger partial charge in [-0.2, -0.15) is 0 Å². The van der Waals surface area contributed by atoms with Crippen LogP contribution >= 0.6 is 22.9 Å². The molecular formula is C17H16ClN5S. The van der Waals surface area contributed by atoms with Crippen molar-refractivity contribution >= 4 is 45.4 Å². The highest BCUT2D eigenvalue weighted by Gasteiger charge is 2.17. The third-order valence-corrected chi connectivity index (χ3v) is 4.81. The Kier molecular flexibility index (Phi) is 3.86. The van der Waals surface area contributed by atoms with E-state index in [0.717, 1.165) is 39.7 Å². The SMILES string of the molecule is CC(C)CNc1nc2cc(Cl)ccc2c2nnc(-c3cccs3)n12. The van der Waals surface area contributed by atoms with E-state index in [1.807, 2.05) is 40.1 Å². The number of nitrogens with zero attached hydrogens (tertiary/aromatic N) is 4. The van der Waals surface area contributed by atoms with Crippen LogP contribution in [0.5, 0.6) is 0 Å². The van der Waals surface area contributed by atoms with Crippen molar-refractivity contribution in [1.29, 1.82) is 0 Å². The maximum absolute atomic E-state index is 6.13. The molecule has 1 aromatic carbocycles. The molecule has 4 aromatic rings. The van der Waals surface area contributed by atoms with Gasteiger partial charge in [-0.25, -0.2) is 9.38 Å². The minimum atomic E-state index is 0.499. The Bertz CT molecular complexity index is 1010. The van der Waals surface area contributed by atoms with Gasteiger partial charge in [-0.1, -0.05) is 31.5 Å². The molecule has 3 heterocycles. The topological polar surface area (TPSA) is 55.1 Å². The lowest BCUT2D eigenvalue weighted by atomic mass is 10.2. The first-order valence-electron chi connectivity index (χ1n) is 7.75. The molecule has 0 saturated carbocycles. The maximum atomic E-state index is 6.13. The summed E-state index contributed by atoms with van der Waals surface area (Å²) in [5, 5.41) is 15.9. The Morgan fingerprint density at radius 2 is 2.12 bits per heavy atom. The Hall–Kier alpha value is -2.18. The first-order valence-corrected chi connectivity index (χ1v) is 9.01. The van der Waals surface area contributed by atoms with Crippen molar-refractivity contribution in [3.8, 4) is 10.7 Å². The monoisotopic (exact) mass is 357 g/mol. The third kappa shape index (κ3) is 2.61. The highest BCUT2D eigenvalue weighted by molar-refractivity contribution is 7.13. The Balaban J connectivity index is 2.01. The molecule has 1 N–H and O–H groups in total. The molecule has 0 saturated heterocycles. The lowest BCUT2D eigenvalue weighted by Gasteiger charge is -2.12. The van der Waals surface area contributed by atoms with Gasteiger partial charge in [0.2, 0.25) is 5.95 Å². The van der Waals surface area contributed by atoms with Crippen molar-refractivity contribution in [3.05, 3.63) is 40.7 Å². The van der Waals surface area contributed by atoms with Crippen molar-refractivity contribution in [2.45, 2.75) is 13.8 Å². The lowest BCUT2D eigenvalue weighted by molar-refractivity contribution is 0.684. The van der Waals surface area contributed by atoms with Gasteiger partial charge in [-0.15, -0.1) is 21.5 Å². The van der Waals surface area contributed by atoms with E-state index in [4.69, 9.17) is 16.6 Å². The average molecular weight is 358 g/mol. The number of benzene rings is 1. The molecule has 122 valence electrons. The number of anilines is 1. The van der Waals surface area contributed by atoms with Crippen molar-refractivity contribution in [1.82, 2.24) is 19.6 Å². The van der Waals surface area contributed by atoms with Crippen LogP contribution in [-0.2, 0) is 0 Å². The molecule has 24 heavy (non-hydrogen) atoms. The first-order chi connectivity index (χ1) is 11.6. The van der Waals surface area contributed by atoms with E-state index in [1.54, 1.807) is 11.3 Å². The van der Waals surface area contributed by atoms with Gasteiger partial charge < -0.3 is 5.32 Å². The molecule has 0 fully saturated rings. The molecule has 0 aliphatic heterocycles. The molecule has 0 amide bonds. The quantitative estimate of drug-likeness (QED) is 0.573. The van der Waals surface area contributed by atoms with Gasteiger partial charge in [0.15, 0.2) is 11.5 Å². The minimum absolute atomic E-state index is 0.499. The number of rotatable bonds is 4. The van der Waals surface area contributed by atoms with Crippen LogP contribution in [0, 0.1) is 5.92 Å². The van der Waals surface area contributed by atoms with E-state index >= 15 is 0 Å². The second-order valence-corrected chi connectivity index (χ2v) is 7.42. The van der Waals surface area contributed by atoms with Gasteiger partial charge in [-0.05, 0) is 35.6 Å². The molecule has 0 radical (unpaired) electrons. The molecule has 5 nitrogen and oxygen atoms in total. The Morgan fingerprint density at radius 3 is 2.88 bits per heavy atom. The van der Waals surface area contributed by atoms with Crippen LogP contribution in [0.25, 0.3) is 27.3 Å². The van der Waals surface area contributed by atoms with Crippen LogP contribution in [0.2, 0.25) is 5.02 Å². The lowest BCUT2D eigenvalue weighted by Crippen LogP contribution is -2.13. The summed E-state index contributed by atoms with van der Waals surface area (Å²) in [6.45, 7) is 5.14. The highest BCUT2D eigenvalue weighted by Crippen LogP contribution is 2.30. The molecule has 4 rings (SSSR count). The summed E-state index contributed by atoms with van der Waals surface area (Å²) in [5.41, 5.74) is 1.60. The van der Waals surface area contributed by atoms with Gasteiger partial charge in [0.1, 0.15) is 0 Å².